The minimum absolute atomic E-state index is 0. The van der Waals surface area contributed by atoms with Gasteiger partial charge in [0.2, 0.25) is 5.91 Å². The van der Waals surface area contributed by atoms with E-state index in [9.17, 15) is 18.4 Å². The second kappa shape index (κ2) is 13.8. The highest BCUT2D eigenvalue weighted by Gasteiger charge is 2.24. The fourth-order valence-electron chi connectivity index (χ4n) is 3.83. The number of ether oxygens (including phenoxy) is 1. The van der Waals surface area contributed by atoms with Crippen molar-refractivity contribution in [2.24, 2.45) is 5.92 Å². The molecule has 1 aromatic heterocycles. The first-order chi connectivity index (χ1) is 18.4. The van der Waals surface area contributed by atoms with Gasteiger partial charge < -0.3 is 15.1 Å². The van der Waals surface area contributed by atoms with Crippen molar-refractivity contribution >= 4 is 30.1 Å². The summed E-state index contributed by atoms with van der Waals surface area (Å²) in [5.74, 6) is 6.05. The molecule has 1 aromatic carbocycles. The number of amides is 2. The van der Waals surface area contributed by atoms with E-state index >= 15 is 0 Å². The summed E-state index contributed by atoms with van der Waals surface area (Å²) in [6, 6.07) is 6.07. The molecule has 0 radical (unpaired) electrons. The molecule has 4 rings (SSSR count). The van der Waals surface area contributed by atoms with E-state index in [1.807, 2.05) is 13.8 Å². The highest BCUT2D eigenvalue weighted by Crippen LogP contribution is 2.37. The van der Waals surface area contributed by atoms with Gasteiger partial charge in [-0.15, -0.1) is 12.6 Å². The number of hydrazine groups is 1. The van der Waals surface area contributed by atoms with Crippen molar-refractivity contribution in [3.8, 4) is 28.7 Å². The molecule has 1 aliphatic carbocycles. The molecule has 2 amide bonds. The van der Waals surface area contributed by atoms with Crippen molar-refractivity contribution in [3.63, 3.8) is 0 Å². The molecule has 2 heterocycles. The standard InChI is InChI=1S/C26H26F2N4O3S.C2H6.H2/c1-35-23-15-29-22(25(27)28)13-21(23)20-12-17(32-11-3-2-4-24(32)33)8-10-19(20)26(34)31-30-14-18(36)9-7-16-5-6-16;1-2;/h8,10,12-16,25,30,36H,2-6,11H2,1H3,(H,31,34);1-2H3;1H/b18-14-;;. The first-order valence-electron chi connectivity index (χ1n) is 12.6. The van der Waals surface area contributed by atoms with Crippen LogP contribution in [-0.2, 0) is 4.79 Å². The number of aromatic nitrogens is 1. The number of alkyl halides is 2. The van der Waals surface area contributed by atoms with Gasteiger partial charge in [-0.2, -0.15) is 0 Å². The summed E-state index contributed by atoms with van der Waals surface area (Å²) in [5.41, 5.74) is 6.15. The zero-order valence-electron chi connectivity index (χ0n) is 21.7. The Kier molecular flexibility index (Phi) is 10.5. The topological polar surface area (TPSA) is 83.6 Å². The highest BCUT2D eigenvalue weighted by atomic mass is 32.1. The third-order valence-electron chi connectivity index (χ3n) is 5.88. The van der Waals surface area contributed by atoms with E-state index in [4.69, 9.17) is 4.74 Å². The number of nitrogens with zero attached hydrogens (tertiary/aromatic N) is 2. The molecule has 0 unspecified atom stereocenters. The van der Waals surface area contributed by atoms with Crippen molar-refractivity contribution in [2.75, 3.05) is 18.6 Å². The number of methoxy groups -OCH3 is 1. The Morgan fingerprint density at radius 3 is 2.68 bits per heavy atom. The normalized spacial score (nSPS) is 15.2. The molecule has 38 heavy (non-hydrogen) atoms. The van der Waals surface area contributed by atoms with Crippen LogP contribution < -0.4 is 20.5 Å². The monoisotopic (exact) mass is 544 g/mol. The zero-order chi connectivity index (χ0) is 27.7. The van der Waals surface area contributed by atoms with Crippen LogP contribution in [0.4, 0.5) is 14.5 Å². The van der Waals surface area contributed by atoms with Gasteiger partial charge >= 0.3 is 0 Å². The van der Waals surface area contributed by atoms with Gasteiger partial charge in [-0.05, 0) is 49.9 Å². The third-order valence-corrected chi connectivity index (χ3v) is 6.12. The van der Waals surface area contributed by atoms with Crippen molar-refractivity contribution < 1.29 is 24.5 Å². The highest BCUT2D eigenvalue weighted by molar-refractivity contribution is 7.84. The number of allylic oxidation sites excluding steroid dienone is 1. The molecule has 2 aliphatic rings. The number of benzene rings is 1. The number of nitrogens with one attached hydrogen (secondary N) is 2. The summed E-state index contributed by atoms with van der Waals surface area (Å²) in [7, 11) is 1.39. The van der Waals surface area contributed by atoms with E-state index in [0.29, 0.717) is 35.0 Å². The van der Waals surface area contributed by atoms with E-state index < -0.39 is 18.0 Å². The number of thiol groups is 1. The van der Waals surface area contributed by atoms with E-state index in [1.54, 1.807) is 23.1 Å². The summed E-state index contributed by atoms with van der Waals surface area (Å²) in [6.45, 7) is 4.54. The van der Waals surface area contributed by atoms with Gasteiger partial charge in [-0.1, -0.05) is 25.7 Å². The lowest BCUT2D eigenvalue weighted by Gasteiger charge is -2.27. The van der Waals surface area contributed by atoms with Gasteiger partial charge in [0, 0.05) is 48.9 Å². The van der Waals surface area contributed by atoms with Gasteiger partial charge in [0.05, 0.1) is 18.2 Å². The number of hydrogen-bond donors (Lipinski definition) is 3. The SMILES string of the molecule is CC.COc1cnc(C(F)F)cc1-c1cc(N2CCCCC2=O)ccc1C(=O)NN/C=C(\S)C#CC1CC1.[HH]. The van der Waals surface area contributed by atoms with Crippen LogP contribution in [0.2, 0.25) is 0 Å². The Labute approximate surface area is 228 Å². The maximum atomic E-state index is 13.5. The second-order valence-corrected chi connectivity index (χ2v) is 9.00. The Morgan fingerprint density at radius 2 is 2.03 bits per heavy atom. The summed E-state index contributed by atoms with van der Waals surface area (Å²) >= 11 is 4.28. The van der Waals surface area contributed by atoms with Crippen molar-refractivity contribution in [1.82, 2.24) is 15.8 Å². The van der Waals surface area contributed by atoms with Gasteiger partial charge in [0.25, 0.3) is 12.3 Å². The number of rotatable bonds is 7. The quantitative estimate of drug-likeness (QED) is 0.230. The molecule has 0 bridgehead atoms. The second-order valence-electron chi connectivity index (χ2n) is 8.51. The third kappa shape index (κ3) is 7.48. The average molecular weight is 545 g/mol. The van der Waals surface area contributed by atoms with E-state index in [1.165, 1.54) is 25.6 Å². The summed E-state index contributed by atoms with van der Waals surface area (Å²) in [5, 5.41) is 0. The molecule has 204 valence electrons. The van der Waals surface area contributed by atoms with E-state index in [0.717, 1.165) is 25.7 Å². The number of halogens is 2. The molecule has 1 saturated carbocycles. The van der Waals surface area contributed by atoms with Crippen LogP contribution in [0.3, 0.4) is 0 Å². The molecule has 0 atom stereocenters. The molecular weight excluding hydrogens is 510 g/mol. The number of piperidine rings is 1. The van der Waals surface area contributed by atoms with Crippen LogP contribution in [0.25, 0.3) is 11.1 Å². The van der Waals surface area contributed by atoms with Gasteiger partial charge in [-0.3, -0.25) is 20.0 Å². The molecule has 1 aliphatic heterocycles. The van der Waals surface area contributed by atoms with Crippen LogP contribution in [0.1, 0.15) is 69.9 Å². The molecular formula is C28H34F2N4O3S. The average Bonchev–Trinajstić information content (AvgIpc) is 3.77. The van der Waals surface area contributed by atoms with Crippen LogP contribution >= 0.6 is 12.6 Å². The number of carbonyl (C=O) groups excluding carboxylic acids is 2. The van der Waals surface area contributed by atoms with Gasteiger partial charge in [-0.25, -0.2) is 8.78 Å². The first kappa shape index (κ1) is 29.0. The predicted octanol–water partition coefficient (Wildman–Crippen LogP) is 5.90. The number of carbonyl (C=O) groups is 2. The largest absolute Gasteiger partial charge is 0.494 e. The van der Waals surface area contributed by atoms with Crippen LogP contribution in [-0.4, -0.2) is 30.5 Å². The minimum atomic E-state index is -2.81. The Bertz CT molecular complexity index is 1260. The fraction of sp³-hybridized carbons (Fsp3) is 0.393. The molecule has 2 N–H and O–H groups in total. The minimum Gasteiger partial charge on any atom is -0.494 e. The Morgan fingerprint density at radius 1 is 1.26 bits per heavy atom. The number of anilines is 1. The number of pyridine rings is 1. The lowest BCUT2D eigenvalue weighted by atomic mass is 9.96. The lowest BCUT2D eigenvalue weighted by molar-refractivity contribution is -0.119. The zero-order valence-corrected chi connectivity index (χ0v) is 22.6. The maximum Gasteiger partial charge on any atom is 0.280 e. The predicted molar refractivity (Wildman–Crippen MR) is 149 cm³/mol. The molecule has 0 spiro atoms. The molecule has 2 fully saturated rings. The first-order valence-corrected chi connectivity index (χ1v) is 13.1. The van der Waals surface area contributed by atoms with Crippen LogP contribution in [0.15, 0.2) is 41.6 Å². The maximum absolute atomic E-state index is 13.5. The summed E-state index contributed by atoms with van der Waals surface area (Å²) < 4.78 is 32.3. The number of hydrogen-bond acceptors (Lipinski definition) is 6. The summed E-state index contributed by atoms with van der Waals surface area (Å²) in [6.07, 6.45) is 4.12. The van der Waals surface area contributed by atoms with Crippen LogP contribution in [0.5, 0.6) is 5.75 Å². The molecule has 1 saturated heterocycles. The lowest BCUT2D eigenvalue weighted by Crippen LogP contribution is -2.36. The smallest absolute Gasteiger partial charge is 0.280 e. The van der Waals surface area contributed by atoms with Gasteiger partial charge in [0.15, 0.2) is 0 Å². The van der Waals surface area contributed by atoms with Crippen molar-refractivity contribution in [1.29, 1.82) is 0 Å². The van der Waals surface area contributed by atoms with E-state index in [-0.39, 0.29) is 24.2 Å². The van der Waals surface area contributed by atoms with Crippen molar-refractivity contribution in [3.05, 3.63) is 52.8 Å². The fourth-order valence-corrected chi connectivity index (χ4v) is 3.96. The molecule has 10 heteroatoms. The Hall–Kier alpha value is -3.58. The van der Waals surface area contributed by atoms with Gasteiger partial charge in [0.1, 0.15) is 11.4 Å². The molecule has 7 nitrogen and oxygen atoms in total. The Balaban J connectivity index is 0.00000174. The molecule has 2 aromatic rings. The van der Waals surface area contributed by atoms with Crippen LogP contribution in [0, 0.1) is 17.8 Å². The van der Waals surface area contributed by atoms with E-state index in [2.05, 4.69) is 40.3 Å². The summed E-state index contributed by atoms with van der Waals surface area (Å²) in [4.78, 5) is 31.5. The van der Waals surface area contributed by atoms with Crippen molar-refractivity contribution in [2.45, 2.75) is 52.4 Å².